The van der Waals surface area contributed by atoms with Crippen LogP contribution in [0.5, 0.6) is 5.75 Å². The molecule has 2 aromatic carbocycles. The quantitative estimate of drug-likeness (QED) is 0.241. The van der Waals surface area contributed by atoms with Crippen LogP contribution in [0.15, 0.2) is 66.2 Å². The number of fused-ring (bicyclic) bond motifs is 1. The van der Waals surface area contributed by atoms with Gasteiger partial charge in [0.15, 0.2) is 0 Å². The molecule has 0 amide bonds. The molecular weight excluding hydrogens is 450 g/mol. The Morgan fingerprint density at radius 3 is 1.97 bits per heavy atom. The molecule has 3 rings (SSSR count). The first-order valence-electron chi connectivity index (χ1n) is 11.3. The zero-order chi connectivity index (χ0) is 24.6. The molecule has 0 saturated heterocycles. The predicted molar refractivity (Wildman–Crippen MR) is 139 cm³/mol. The largest absolute Gasteiger partial charge is 0.543 e. The van der Waals surface area contributed by atoms with Gasteiger partial charge in [0.05, 0.1) is 17.5 Å². The van der Waals surface area contributed by atoms with E-state index in [1.165, 1.54) is 3.97 Å². The molecule has 1 heterocycles. The smallest absolute Gasteiger partial charge is 0.268 e. The van der Waals surface area contributed by atoms with Crippen LogP contribution in [0.3, 0.4) is 0 Å². The molecule has 3 aromatic rings. The maximum absolute atomic E-state index is 13.6. The number of aromatic nitrogens is 1. The normalized spacial score (nSPS) is 12.7. The van der Waals surface area contributed by atoms with Gasteiger partial charge < -0.3 is 9.16 Å². The fourth-order valence-electron chi connectivity index (χ4n) is 5.05. The highest BCUT2D eigenvalue weighted by atomic mass is 32.2. The van der Waals surface area contributed by atoms with Crippen molar-refractivity contribution in [2.75, 3.05) is 7.11 Å². The van der Waals surface area contributed by atoms with Crippen molar-refractivity contribution in [3.63, 3.8) is 0 Å². The molecule has 178 valence electrons. The van der Waals surface area contributed by atoms with Crippen LogP contribution in [0, 0.1) is 0 Å². The van der Waals surface area contributed by atoms with Crippen molar-refractivity contribution in [1.82, 2.24) is 3.97 Å². The molecule has 0 bridgehead atoms. The first-order valence-corrected chi connectivity index (χ1v) is 14.9. The SMILES string of the molecule is C=C(O[Si](C(C)C)(C(C)C)C(C)C)c1cn(S(=O)(=O)c2ccc(OC)cc2)c2ccccc12. The molecule has 0 aliphatic rings. The lowest BCUT2D eigenvalue weighted by molar-refractivity contribution is 0.414. The van der Waals surface area contributed by atoms with Crippen LogP contribution in [0.4, 0.5) is 0 Å². The molecule has 33 heavy (non-hydrogen) atoms. The van der Waals surface area contributed by atoms with Gasteiger partial charge >= 0.3 is 0 Å². The molecule has 7 heteroatoms. The molecule has 0 atom stereocenters. The summed E-state index contributed by atoms with van der Waals surface area (Å²) >= 11 is 0. The Kier molecular flexibility index (Phi) is 7.15. The van der Waals surface area contributed by atoms with Gasteiger partial charge in [0, 0.05) is 17.1 Å². The van der Waals surface area contributed by atoms with E-state index in [1.54, 1.807) is 37.6 Å². The summed E-state index contributed by atoms with van der Waals surface area (Å²) in [6.45, 7) is 17.6. The van der Waals surface area contributed by atoms with Gasteiger partial charge in [0.25, 0.3) is 18.3 Å². The van der Waals surface area contributed by atoms with Crippen molar-refractivity contribution in [3.8, 4) is 5.75 Å². The second-order valence-corrected chi connectivity index (χ2v) is 16.6. The highest BCUT2D eigenvalue weighted by Crippen LogP contribution is 2.45. The summed E-state index contributed by atoms with van der Waals surface area (Å²) in [6, 6.07) is 13.9. The number of methoxy groups -OCH3 is 1. The van der Waals surface area contributed by atoms with Gasteiger partial charge in [-0.15, -0.1) is 0 Å². The predicted octanol–water partition coefficient (Wildman–Crippen LogP) is 7.05. The standard InChI is InChI=1S/C26H35NO4SSi/c1-18(2)33(19(3)4,20(5)6)31-21(7)25-17-27(26-12-10-9-11-24(25)26)32(28,29)23-15-13-22(30-8)14-16-23/h9-20H,7H2,1-6,8H3. The Hall–Kier alpha value is -2.51. The Morgan fingerprint density at radius 2 is 1.45 bits per heavy atom. The maximum Gasteiger partial charge on any atom is 0.268 e. The number of benzene rings is 2. The van der Waals surface area contributed by atoms with Crippen LogP contribution < -0.4 is 4.74 Å². The van der Waals surface area contributed by atoms with E-state index in [-0.39, 0.29) is 4.90 Å². The monoisotopic (exact) mass is 485 g/mol. The third-order valence-corrected chi connectivity index (χ3v) is 14.3. The van der Waals surface area contributed by atoms with Gasteiger partial charge in [-0.3, -0.25) is 0 Å². The van der Waals surface area contributed by atoms with Crippen LogP contribution in [-0.4, -0.2) is 27.8 Å². The van der Waals surface area contributed by atoms with E-state index in [4.69, 9.17) is 9.16 Å². The van der Waals surface area contributed by atoms with Gasteiger partial charge in [-0.2, -0.15) is 0 Å². The molecular formula is C26H35NO4SSi. The lowest BCUT2D eigenvalue weighted by atomic mass is 10.1. The van der Waals surface area contributed by atoms with E-state index in [9.17, 15) is 8.42 Å². The first kappa shape index (κ1) is 25.1. The molecule has 0 radical (unpaired) electrons. The van der Waals surface area contributed by atoms with Crippen LogP contribution in [-0.2, 0) is 14.4 Å². The van der Waals surface area contributed by atoms with Crippen molar-refractivity contribution in [1.29, 1.82) is 0 Å². The van der Waals surface area contributed by atoms with Crippen molar-refractivity contribution in [2.45, 2.75) is 63.1 Å². The number of ether oxygens (including phenoxy) is 1. The number of para-hydroxylation sites is 1. The average molecular weight is 486 g/mol. The van der Waals surface area contributed by atoms with Gasteiger partial charge in [0.2, 0.25) is 0 Å². The molecule has 0 saturated carbocycles. The zero-order valence-electron chi connectivity index (χ0n) is 20.6. The van der Waals surface area contributed by atoms with Crippen LogP contribution in [0.2, 0.25) is 16.6 Å². The fourth-order valence-corrected chi connectivity index (χ4v) is 11.7. The lowest BCUT2D eigenvalue weighted by Gasteiger charge is -2.42. The van der Waals surface area contributed by atoms with Gasteiger partial charge in [0.1, 0.15) is 11.5 Å². The molecule has 0 spiro atoms. The van der Waals surface area contributed by atoms with E-state index in [2.05, 4.69) is 48.1 Å². The Balaban J connectivity index is 2.14. The third-order valence-electron chi connectivity index (χ3n) is 6.60. The second-order valence-electron chi connectivity index (χ2n) is 9.38. The summed E-state index contributed by atoms with van der Waals surface area (Å²) in [5, 5.41) is 0.804. The molecule has 0 aliphatic carbocycles. The van der Waals surface area contributed by atoms with E-state index in [1.807, 2.05) is 24.3 Å². The summed E-state index contributed by atoms with van der Waals surface area (Å²) in [5.41, 5.74) is 2.45. The number of hydrogen-bond donors (Lipinski definition) is 0. The van der Waals surface area contributed by atoms with Gasteiger partial charge in [-0.05, 0) is 47.0 Å². The first-order chi connectivity index (χ1) is 15.5. The van der Waals surface area contributed by atoms with Gasteiger partial charge in [-0.1, -0.05) is 66.3 Å². The minimum absolute atomic E-state index is 0.192. The summed E-state index contributed by atoms with van der Waals surface area (Å²) in [7, 11) is -4.51. The highest BCUT2D eigenvalue weighted by molar-refractivity contribution is 7.90. The minimum atomic E-state index is -3.82. The number of nitrogens with zero attached hydrogens (tertiary/aromatic N) is 1. The van der Waals surface area contributed by atoms with E-state index in [0.717, 1.165) is 5.39 Å². The summed E-state index contributed by atoms with van der Waals surface area (Å²) in [5.74, 6) is 1.14. The van der Waals surface area contributed by atoms with Crippen molar-refractivity contribution >= 4 is 35.0 Å². The van der Waals surface area contributed by atoms with Crippen molar-refractivity contribution in [2.24, 2.45) is 0 Å². The Bertz CT molecular complexity index is 1220. The Morgan fingerprint density at radius 1 is 0.909 bits per heavy atom. The number of rotatable bonds is 9. The topological polar surface area (TPSA) is 57.5 Å². The lowest BCUT2D eigenvalue weighted by Crippen LogP contribution is -2.47. The maximum atomic E-state index is 13.6. The molecule has 1 aromatic heterocycles. The number of hydrogen-bond acceptors (Lipinski definition) is 4. The average Bonchev–Trinajstić information content (AvgIpc) is 3.17. The third kappa shape index (κ3) is 4.36. The summed E-state index contributed by atoms with van der Waals surface area (Å²) in [4.78, 5) is 0.192. The van der Waals surface area contributed by atoms with Gasteiger partial charge in [-0.25, -0.2) is 12.4 Å². The van der Waals surface area contributed by atoms with Crippen molar-refractivity contribution < 1.29 is 17.6 Å². The van der Waals surface area contributed by atoms with Crippen molar-refractivity contribution in [3.05, 3.63) is 66.9 Å². The molecule has 0 aliphatic heterocycles. The minimum Gasteiger partial charge on any atom is -0.543 e. The van der Waals surface area contributed by atoms with E-state index < -0.39 is 18.3 Å². The fraction of sp³-hybridized carbons (Fsp3) is 0.385. The highest BCUT2D eigenvalue weighted by Gasteiger charge is 2.47. The molecule has 0 fully saturated rings. The molecule has 0 unspecified atom stereocenters. The second kappa shape index (κ2) is 9.39. The summed E-state index contributed by atoms with van der Waals surface area (Å²) in [6.07, 6.45) is 1.65. The summed E-state index contributed by atoms with van der Waals surface area (Å²) < 4.78 is 40.4. The molecule has 0 N–H and O–H groups in total. The van der Waals surface area contributed by atoms with Crippen LogP contribution >= 0.6 is 0 Å². The van der Waals surface area contributed by atoms with E-state index >= 15 is 0 Å². The van der Waals surface area contributed by atoms with Crippen LogP contribution in [0.25, 0.3) is 16.7 Å². The zero-order valence-corrected chi connectivity index (χ0v) is 22.4. The Labute approximate surface area is 199 Å². The van der Waals surface area contributed by atoms with E-state index in [0.29, 0.717) is 39.2 Å². The molecule has 5 nitrogen and oxygen atoms in total. The van der Waals surface area contributed by atoms with Crippen LogP contribution in [0.1, 0.15) is 47.1 Å².